The minimum atomic E-state index is -0.356. The number of fused-ring (bicyclic) bond motifs is 2. The van der Waals surface area contributed by atoms with Crippen molar-refractivity contribution >= 4 is 17.3 Å². The van der Waals surface area contributed by atoms with Gasteiger partial charge in [0.25, 0.3) is 5.91 Å². The van der Waals surface area contributed by atoms with E-state index in [1.165, 1.54) is 5.01 Å². The predicted octanol–water partition coefficient (Wildman–Crippen LogP) is 5.27. The van der Waals surface area contributed by atoms with Gasteiger partial charge in [0.1, 0.15) is 11.5 Å². The van der Waals surface area contributed by atoms with Crippen LogP contribution in [0.1, 0.15) is 29.5 Å². The van der Waals surface area contributed by atoms with Gasteiger partial charge < -0.3 is 4.74 Å². The highest BCUT2D eigenvalue weighted by atomic mass is 16.5. The van der Waals surface area contributed by atoms with Gasteiger partial charge in [0, 0.05) is 22.8 Å². The van der Waals surface area contributed by atoms with E-state index in [4.69, 9.17) is 4.74 Å². The first-order valence-electron chi connectivity index (χ1n) is 9.45. The monoisotopic (exact) mass is 368 g/mol. The van der Waals surface area contributed by atoms with Gasteiger partial charge in [0.2, 0.25) is 0 Å². The molecule has 0 spiro atoms. The largest absolute Gasteiger partial charge is 0.457 e. The van der Waals surface area contributed by atoms with Gasteiger partial charge in [-0.2, -0.15) is 5.10 Å². The third-order valence-electron chi connectivity index (χ3n) is 5.49. The van der Waals surface area contributed by atoms with E-state index in [1.54, 1.807) is 0 Å². The molecule has 0 aliphatic carbocycles. The van der Waals surface area contributed by atoms with Gasteiger partial charge in [-0.05, 0) is 38.1 Å². The first-order chi connectivity index (χ1) is 13.6. The van der Waals surface area contributed by atoms with Crippen LogP contribution >= 0.6 is 0 Å². The summed E-state index contributed by atoms with van der Waals surface area (Å²) in [5.41, 5.74) is 4.83. The van der Waals surface area contributed by atoms with Crippen LogP contribution in [0.2, 0.25) is 0 Å². The lowest BCUT2D eigenvalue weighted by molar-refractivity contribution is -0.120. The number of nitrogens with zero attached hydrogens (tertiary/aromatic N) is 2. The van der Waals surface area contributed by atoms with Gasteiger partial charge in [-0.3, -0.25) is 4.79 Å². The lowest BCUT2D eigenvalue weighted by Crippen LogP contribution is -2.33. The number of carbonyl (C=O) groups is 1. The fourth-order valence-corrected chi connectivity index (χ4v) is 4.20. The van der Waals surface area contributed by atoms with Crippen LogP contribution in [0, 0.1) is 12.8 Å². The van der Waals surface area contributed by atoms with Gasteiger partial charge in [0.05, 0.1) is 11.6 Å². The van der Waals surface area contributed by atoms with E-state index < -0.39 is 0 Å². The van der Waals surface area contributed by atoms with Crippen molar-refractivity contribution < 1.29 is 9.53 Å². The summed E-state index contributed by atoms with van der Waals surface area (Å²) in [7, 11) is 0. The molecule has 0 saturated carbocycles. The standard InChI is InChI=1S/C24H20N2O2/c1-15-12-13-21-19(14-15)23(18-10-6-7-11-20(18)28-21)22-16(2)25-26(24(22)27)17-8-4-3-5-9-17/h3-14,22-23H,1-2H3/t22-,23+/m1/s1. The number of hydrazone groups is 1. The maximum Gasteiger partial charge on any atom is 0.257 e. The Kier molecular flexibility index (Phi) is 3.79. The van der Waals surface area contributed by atoms with Crippen molar-refractivity contribution in [2.24, 2.45) is 11.0 Å². The van der Waals surface area contributed by atoms with Gasteiger partial charge in [0.15, 0.2) is 0 Å². The zero-order valence-electron chi connectivity index (χ0n) is 15.8. The van der Waals surface area contributed by atoms with Crippen LogP contribution in [0.5, 0.6) is 11.5 Å². The SMILES string of the molecule is CC1=NN(c2ccccc2)C(=O)[C@H]1[C@H]1c2ccccc2Oc2ccc(C)cc21. The zero-order valence-corrected chi connectivity index (χ0v) is 15.8. The third-order valence-corrected chi connectivity index (χ3v) is 5.49. The van der Waals surface area contributed by atoms with E-state index in [-0.39, 0.29) is 17.7 Å². The molecule has 0 fully saturated rings. The lowest BCUT2D eigenvalue weighted by Gasteiger charge is -2.31. The van der Waals surface area contributed by atoms with E-state index >= 15 is 0 Å². The molecule has 0 saturated heterocycles. The fourth-order valence-electron chi connectivity index (χ4n) is 4.20. The summed E-state index contributed by atoms with van der Waals surface area (Å²) in [6.45, 7) is 4.00. The Morgan fingerprint density at radius 2 is 1.54 bits per heavy atom. The van der Waals surface area contributed by atoms with Crippen LogP contribution in [0.25, 0.3) is 0 Å². The van der Waals surface area contributed by atoms with Crippen LogP contribution in [0.15, 0.2) is 77.9 Å². The van der Waals surface area contributed by atoms with Crippen molar-refractivity contribution in [3.8, 4) is 11.5 Å². The Labute approximate surface area is 164 Å². The van der Waals surface area contributed by atoms with Crippen molar-refractivity contribution in [2.45, 2.75) is 19.8 Å². The average molecular weight is 368 g/mol. The molecule has 3 aromatic carbocycles. The molecular formula is C24H20N2O2. The number of anilines is 1. The van der Waals surface area contributed by atoms with Crippen LogP contribution in [0.4, 0.5) is 5.69 Å². The molecule has 2 atom stereocenters. The van der Waals surface area contributed by atoms with E-state index in [9.17, 15) is 4.79 Å². The Hall–Kier alpha value is -3.40. The first-order valence-corrected chi connectivity index (χ1v) is 9.45. The van der Waals surface area contributed by atoms with Crippen molar-refractivity contribution in [1.29, 1.82) is 0 Å². The molecule has 4 nitrogen and oxygen atoms in total. The maximum atomic E-state index is 13.5. The highest BCUT2D eigenvalue weighted by molar-refractivity contribution is 6.15. The Morgan fingerprint density at radius 3 is 2.36 bits per heavy atom. The number of carbonyl (C=O) groups excluding carboxylic acids is 1. The highest BCUT2D eigenvalue weighted by Crippen LogP contribution is 2.49. The van der Waals surface area contributed by atoms with E-state index in [0.29, 0.717) is 0 Å². The molecule has 0 aromatic heterocycles. The van der Waals surface area contributed by atoms with Crippen LogP contribution in [-0.4, -0.2) is 11.6 Å². The summed E-state index contributed by atoms with van der Waals surface area (Å²) in [6.07, 6.45) is 0. The Balaban J connectivity index is 1.65. The fraction of sp³-hybridized carbons (Fsp3) is 0.167. The summed E-state index contributed by atoms with van der Waals surface area (Å²) >= 11 is 0. The molecule has 3 aromatic rings. The van der Waals surface area contributed by atoms with Gasteiger partial charge in [-0.25, -0.2) is 5.01 Å². The number of ether oxygens (including phenoxy) is 1. The number of hydrogen-bond donors (Lipinski definition) is 0. The molecule has 2 aliphatic heterocycles. The summed E-state index contributed by atoms with van der Waals surface area (Å²) in [4.78, 5) is 13.5. The quantitative estimate of drug-likeness (QED) is 0.618. The Bertz CT molecular complexity index is 1100. The minimum Gasteiger partial charge on any atom is -0.457 e. The van der Waals surface area contributed by atoms with Crippen molar-refractivity contribution in [3.63, 3.8) is 0 Å². The number of hydrogen-bond acceptors (Lipinski definition) is 3. The van der Waals surface area contributed by atoms with Gasteiger partial charge >= 0.3 is 0 Å². The molecule has 4 heteroatoms. The molecule has 138 valence electrons. The van der Waals surface area contributed by atoms with Crippen LogP contribution in [-0.2, 0) is 4.79 Å². The van der Waals surface area contributed by atoms with Crippen molar-refractivity contribution in [1.82, 2.24) is 0 Å². The van der Waals surface area contributed by atoms with E-state index in [1.807, 2.05) is 67.6 Å². The average Bonchev–Trinajstić information content (AvgIpc) is 3.01. The second-order valence-electron chi connectivity index (χ2n) is 7.36. The number of amides is 1. The smallest absolute Gasteiger partial charge is 0.257 e. The summed E-state index contributed by atoms with van der Waals surface area (Å²) in [6, 6.07) is 23.7. The molecule has 0 bridgehead atoms. The molecule has 2 heterocycles. The second kappa shape index (κ2) is 6.34. The van der Waals surface area contributed by atoms with Gasteiger partial charge in [-0.15, -0.1) is 0 Å². The number of aryl methyl sites for hydroxylation is 1. The lowest BCUT2D eigenvalue weighted by atomic mass is 9.76. The van der Waals surface area contributed by atoms with Crippen LogP contribution < -0.4 is 9.75 Å². The molecule has 28 heavy (non-hydrogen) atoms. The summed E-state index contributed by atoms with van der Waals surface area (Å²) in [5.74, 6) is 1.14. The normalized spacial score (nSPS) is 20.3. The molecular weight excluding hydrogens is 348 g/mol. The van der Waals surface area contributed by atoms with E-state index in [2.05, 4.69) is 24.2 Å². The first kappa shape index (κ1) is 16.8. The molecule has 0 unspecified atom stereocenters. The second-order valence-corrected chi connectivity index (χ2v) is 7.36. The van der Waals surface area contributed by atoms with Gasteiger partial charge in [-0.1, -0.05) is 54.1 Å². The molecule has 1 amide bonds. The third kappa shape index (κ3) is 2.53. The maximum absolute atomic E-state index is 13.5. The van der Waals surface area contributed by atoms with Crippen molar-refractivity contribution in [2.75, 3.05) is 5.01 Å². The van der Waals surface area contributed by atoms with E-state index in [0.717, 1.165) is 39.6 Å². The summed E-state index contributed by atoms with van der Waals surface area (Å²) < 4.78 is 6.14. The number of benzene rings is 3. The number of para-hydroxylation sites is 2. The topological polar surface area (TPSA) is 41.9 Å². The molecule has 0 radical (unpaired) electrons. The molecule has 0 N–H and O–H groups in total. The minimum absolute atomic E-state index is 0.00198. The zero-order chi connectivity index (χ0) is 19.3. The molecule has 2 aliphatic rings. The predicted molar refractivity (Wildman–Crippen MR) is 110 cm³/mol. The summed E-state index contributed by atoms with van der Waals surface area (Å²) in [5, 5.41) is 6.16. The van der Waals surface area contributed by atoms with Crippen LogP contribution in [0.3, 0.4) is 0 Å². The van der Waals surface area contributed by atoms with Crippen molar-refractivity contribution in [3.05, 3.63) is 89.5 Å². The highest BCUT2D eigenvalue weighted by Gasteiger charge is 2.44. The number of rotatable bonds is 2. The molecule has 5 rings (SSSR count). The Morgan fingerprint density at radius 1 is 0.821 bits per heavy atom.